The summed E-state index contributed by atoms with van der Waals surface area (Å²) < 4.78 is 10.8. The van der Waals surface area contributed by atoms with Crippen molar-refractivity contribution in [3.05, 3.63) is 36.4 Å². The highest BCUT2D eigenvalue weighted by Gasteiger charge is 2.53. The van der Waals surface area contributed by atoms with Gasteiger partial charge in [-0.2, -0.15) is 0 Å². The zero-order chi connectivity index (χ0) is 15.7. The molecule has 3 rings (SSSR count). The number of carboxylic acid groups (broad SMARTS) is 1. The molecule has 1 aromatic rings. The quantitative estimate of drug-likeness (QED) is 0.808. The Morgan fingerprint density at radius 1 is 1.18 bits per heavy atom. The Balaban J connectivity index is 1.71. The lowest BCUT2D eigenvalue weighted by Crippen LogP contribution is -2.39. The van der Waals surface area contributed by atoms with Gasteiger partial charge in [-0.15, -0.1) is 0 Å². The molecule has 2 aliphatic heterocycles. The van der Waals surface area contributed by atoms with Crippen LogP contribution >= 0.6 is 0 Å². The number of rotatable bonds is 5. The predicted octanol–water partition coefficient (Wildman–Crippen LogP) is 1.68. The van der Waals surface area contributed by atoms with Gasteiger partial charge in [0.2, 0.25) is 5.91 Å². The van der Waals surface area contributed by atoms with Crippen molar-refractivity contribution in [3.8, 4) is 5.75 Å². The first-order valence-electron chi connectivity index (χ1n) is 7.20. The lowest BCUT2D eigenvalue weighted by molar-refractivity contribution is -0.145. The molecule has 1 amide bonds. The third-order valence-corrected chi connectivity index (χ3v) is 3.92. The molecule has 0 aliphatic carbocycles. The molecule has 6 nitrogen and oxygen atoms in total. The Kier molecular flexibility index (Phi) is 3.85. The number of nitrogens with one attached hydrogen (secondary N) is 1. The van der Waals surface area contributed by atoms with Gasteiger partial charge in [0.25, 0.3) is 0 Å². The van der Waals surface area contributed by atoms with Gasteiger partial charge in [0, 0.05) is 5.69 Å². The van der Waals surface area contributed by atoms with Gasteiger partial charge in [0.05, 0.1) is 24.7 Å². The second-order valence-electron chi connectivity index (χ2n) is 5.29. The van der Waals surface area contributed by atoms with Crippen molar-refractivity contribution < 1.29 is 24.2 Å². The fourth-order valence-electron chi connectivity index (χ4n) is 2.94. The van der Waals surface area contributed by atoms with E-state index in [1.165, 1.54) is 0 Å². The molecule has 2 heterocycles. The van der Waals surface area contributed by atoms with Gasteiger partial charge in [-0.1, -0.05) is 12.2 Å². The maximum Gasteiger partial charge on any atom is 0.310 e. The second-order valence-corrected chi connectivity index (χ2v) is 5.29. The molecular weight excluding hydrogens is 286 g/mol. The first-order valence-corrected chi connectivity index (χ1v) is 7.20. The Hall–Kier alpha value is -2.34. The van der Waals surface area contributed by atoms with Gasteiger partial charge in [-0.3, -0.25) is 9.59 Å². The van der Waals surface area contributed by atoms with Gasteiger partial charge in [0.15, 0.2) is 0 Å². The van der Waals surface area contributed by atoms with Gasteiger partial charge >= 0.3 is 5.97 Å². The van der Waals surface area contributed by atoms with Gasteiger partial charge < -0.3 is 19.9 Å². The average Bonchev–Trinajstić information content (AvgIpc) is 3.10. The van der Waals surface area contributed by atoms with Crippen molar-refractivity contribution in [1.82, 2.24) is 0 Å². The predicted molar refractivity (Wildman–Crippen MR) is 78.7 cm³/mol. The van der Waals surface area contributed by atoms with E-state index < -0.39 is 30.0 Å². The average molecular weight is 303 g/mol. The topological polar surface area (TPSA) is 84.9 Å². The first-order chi connectivity index (χ1) is 10.6. The zero-order valence-electron chi connectivity index (χ0n) is 12.1. The first kappa shape index (κ1) is 14.6. The van der Waals surface area contributed by atoms with E-state index >= 15 is 0 Å². The molecule has 2 aliphatic rings. The van der Waals surface area contributed by atoms with Crippen LogP contribution in [-0.4, -0.2) is 35.8 Å². The standard InChI is InChI=1S/C16H17NO5/c1-2-21-10-5-3-9(4-6-10)17-15(18)13-11-7-8-12(22-11)14(13)16(19)20/h3-8,11-14H,2H2,1H3,(H,17,18)(H,19,20). The van der Waals surface area contributed by atoms with E-state index in [1.807, 2.05) is 6.92 Å². The second kappa shape index (κ2) is 5.81. The molecular formula is C16H17NO5. The van der Waals surface area contributed by atoms with Crippen LogP contribution in [-0.2, 0) is 14.3 Å². The maximum atomic E-state index is 12.4. The van der Waals surface area contributed by atoms with Crippen LogP contribution in [0.15, 0.2) is 36.4 Å². The van der Waals surface area contributed by atoms with E-state index in [2.05, 4.69) is 5.32 Å². The number of hydrogen-bond donors (Lipinski definition) is 2. The lowest BCUT2D eigenvalue weighted by Gasteiger charge is -2.21. The van der Waals surface area contributed by atoms with Crippen LogP contribution in [0.2, 0.25) is 0 Å². The van der Waals surface area contributed by atoms with Gasteiger partial charge in [-0.25, -0.2) is 0 Å². The highest BCUT2D eigenvalue weighted by molar-refractivity contribution is 5.96. The highest BCUT2D eigenvalue weighted by Crippen LogP contribution is 2.39. The summed E-state index contributed by atoms with van der Waals surface area (Å²) in [5.74, 6) is -2.18. The van der Waals surface area contributed by atoms with Crippen LogP contribution in [0.1, 0.15) is 6.92 Å². The Morgan fingerprint density at radius 2 is 1.82 bits per heavy atom. The molecule has 6 heteroatoms. The largest absolute Gasteiger partial charge is 0.494 e. The third kappa shape index (κ3) is 2.57. The van der Waals surface area contributed by atoms with Crippen LogP contribution in [0.4, 0.5) is 5.69 Å². The van der Waals surface area contributed by atoms with E-state index in [1.54, 1.807) is 36.4 Å². The summed E-state index contributed by atoms with van der Waals surface area (Å²) in [5, 5.41) is 12.1. The molecule has 4 atom stereocenters. The summed E-state index contributed by atoms with van der Waals surface area (Å²) in [5.41, 5.74) is 0.601. The molecule has 0 spiro atoms. The minimum atomic E-state index is -1.01. The molecule has 2 N–H and O–H groups in total. The molecule has 1 aromatic carbocycles. The molecule has 0 aromatic heterocycles. The van der Waals surface area contributed by atoms with E-state index in [0.717, 1.165) is 5.75 Å². The molecule has 0 radical (unpaired) electrons. The van der Waals surface area contributed by atoms with Crippen LogP contribution in [0.25, 0.3) is 0 Å². The summed E-state index contributed by atoms with van der Waals surface area (Å²) in [6.45, 7) is 2.46. The Bertz CT molecular complexity index is 609. The molecule has 1 saturated heterocycles. The summed E-state index contributed by atoms with van der Waals surface area (Å²) in [6.07, 6.45) is 2.49. The Morgan fingerprint density at radius 3 is 2.41 bits per heavy atom. The van der Waals surface area contributed by atoms with Crippen molar-refractivity contribution >= 4 is 17.6 Å². The molecule has 4 unspecified atom stereocenters. The maximum absolute atomic E-state index is 12.4. The summed E-state index contributed by atoms with van der Waals surface area (Å²) in [6, 6.07) is 6.96. The van der Waals surface area contributed by atoms with E-state index in [-0.39, 0.29) is 5.91 Å². The number of carbonyl (C=O) groups is 2. The minimum Gasteiger partial charge on any atom is -0.494 e. The number of carbonyl (C=O) groups excluding carboxylic acids is 1. The van der Waals surface area contributed by atoms with E-state index in [0.29, 0.717) is 12.3 Å². The highest BCUT2D eigenvalue weighted by atomic mass is 16.5. The van der Waals surface area contributed by atoms with Crippen LogP contribution < -0.4 is 10.1 Å². The van der Waals surface area contributed by atoms with E-state index in [4.69, 9.17) is 9.47 Å². The molecule has 116 valence electrons. The van der Waals surface area contributed by atoms with Crippen LogP contribution in [0, 0.1) is 11.8 Å². The number of aliphatic carboxylic acids is 1. The monoisotopic (exact) mass is 303 g/mol. The van der Waals surface area contributed by atoms with E-state index in [9.17, 15) is 14.7 Å². The Labute approximate surface area is 127 Å². The number of hydrogen-bond acceptors (Lipinski definition) is 4. The number of amides is 1. The number of carboxylic acids is 1. The van der Waals surface area contributed by atoms with Crippen molar-refractivity contribution in [1.29, 1.82) is 0 Å². The third-order valence-electron chi connectivity index (χ3n) is 3.92. The summed E-state index contributed by atoms with van der Waals surface area (Å²) in [7, 11) is 0. The van der Waals surface area contributed by atoms with Gasteiger partial charge in [0.1, 0.15) is 11.7 Å². The normalized spacial score (nSPS) is 28.6. The van der Waals surface area contributed by atoms with Crippen molar-refractivity contribution in [2.45, 2.75) is 19.1 Å². The fourth-order valence-corrected chi connectivity index (χ4v) is 2.94. The van der Waals surface area contributed by atoms with Crippen molar-refractivity contribution in [2.24, 2.45) is 11.8 Å². The molecule has 2 bridgehead atoms. The van der Waals surface area contributed by atoms with Crippen LogP contribution in [0.3, 0.4) is 0 Å². The fraction of sp³-hybridized carbons (Fsp3) is 0.375. The van der Waals surface area contributed by atoms with Crippen molar-refractivity contribution in [3.63, 3.8) is 0 Å². The number of benzene rings is 1. The minimum absolute atomic E-state index is 0.339. The number of anilines is 1. The molecule has 22 heavy (non-hydrogen) atoms. The molecule has 0 saturated carbocycles. The molecule has 1 fully saturated rings. The lowest BCUT2D eigenvalue weighted by atomic mass is 9.82. The summed E-state index contributed by atoms with van der Waals surface area (Å²) >= 11 is 0. The number of ether oxygens (including phenoxy) is 2. The van der Waals surface area contributed by atoms with Crippen LogP contribution in [0.5, 0.6) is 5.75 Å². The number of fused-ring (bicyclic) bond motifs is 2. The SMILES string of the molecule is CCOc1ccc(NC(=O)C2C3C=CC(O3)C2C(=O)O)cc1. The van der Waals surface area contributed by atoms with Crippen molar-refractivity contribution in [2.75, 3.05) is 11.9 Å². The summed E-state index contributed by atoms with van der Waals surface area (Å²) in [4.78, 5) is 23.8. The zero-order valence-corrected chi connectivity index (χ0v) is 12.1. The van der Waals surface area contributed by atoms with Gasteiger partial charge in [-0.05, 0) is 31.2 Å². The smallest absolute Gasteiger partial charge is 0.310 e.